The van der Waals surface area contributed by atoms with Gasteiger partial charge in [0, 0.05) is 30.4 Å². The molecule has 29 heavy (non-hydrogen) atoms. The van der Waals surface area contributed by atoms with Crippen molar-refractivity contribution < 1.29 is 9.53 Å². The van der Waals surface area contributed by atoms with Gasteiger partial charge in [0.1, 0.15) is 18.5 Å². The first-order chi connectivity index (χ1) is 14.1. The van der Waals surface area contributed by atoms with E-state index in [1.807, 2.05) is 42.3 Å². The number of aromatic nitrogens is 4. The molecule has 2 fully saturated rings. The maximum absolute atomic E-state index is 13.1. The molecule has 2 aliphatic rings. The van der Waals surface area contributed by atoms with Gasteiger partial charge in [0.2, 0.25) is 0 Å². The number of rotatable bonds is 3. The molecule has 5 rings (SSSR count). The summed E-state index contributed by atoms with van der Waals surface area (Å²) in [5, 5.41) is 7.78. The smallest absolute Gasteiger partial charge is 0.253 e. The van der Waals surface area contributed by atoms with Crippen molar-refractivity contribution in [2.24, 2.45) is 0 Å². The number of hydrogen-bond donors (Lipinski definition) is 0. The van der Waals surface area contributed by atoms with E-state index in [1.54, 1.807) is 17.2 Å². The van der Waals surface area contributed by atoms with E-state index in [4.69, 9.17) is 4.74 Å². The van der Waals surface area contributed by atoms with Gasteiger partial charge >= 0.3 is 0 Å². The van der Waals surface area contributed by atoms with Crippen LogP contribution in [-0.2, 0) is 4.74 Å². The summed E-state index contributed by atoms with van der Waals surface area (Å²) in [4.78, 5) is 19.6. The lowest BCUT2D eigenvalue weighted by atomic mass is 9.84. The van der Waals surface area contributed by atoms with Crippen LogP contribution in [0.5, 0.6) is 0 Å². The highest BCUT2D eigenvalue weighted by Crippen LogP contribution is 2.37. The Kier molecular flexibility index (Phi) is 4.39. The van der Waals surface area contributed by atoms with Crippen LogP contribution in [0.4, 0.5) is 0 Å². The van der Waals surface area contributed by atoms with Crippen LogP contribution in [0, 0.1) is 6.92 Å². The molecule has 0 N–H and O–H groups in total. The normalized spacial score (nSPS) is 17.9. The van der Waals surface area contributed by atoms with Gasteiger partial charge < -0.3 is 9.64 Å². The highest BCUT2D eigenvalue weighted by molar-refractivity contribution is 5.95. The fraction of sp³-hybridized carbons (Fsp3) is 0.364. The van der Waals surface area contributed by atoms with Gasteiger partial charge in [0.05, 0.1) is 12.2 Å². The number of hydrogen-bond acceptors (Lipinski definition) is 5. The zero-order valence-electron chi connectivity index (χ0n) is 16.4. The van der Waals surface area contributed by atoms with Crippen molar-refractivity contribution in [1.29, 1.82) is 0 Å². The predicted molar refractivity (Wildman–Crippen MR) is 108 cm³/mol. The molecule has 0 unspecified atom stereocenters. The third kappa shape index (κ3) is 3.31. The van der Waals surface area contributed by atoms with Crippen molar-refractivity contribution in [3.8, 4) is 16.9 Å². The van der Waals surface area contributed by atoms with E-state index in [2.05, 4.69) is 21.2 Å². The van der Waals surface area contributed by atoms with Crippen molar-refractivity contribution in [2.75, 3.05) is 19.7 Å². The van der Waals surface area contributed by atoms with Gasteiger partial charge in [-0.2, -0.15) is 0 Å². The Morgan fingerprint density at radius 3 is 2.55 bits per heavy atom. The SMILES string of the molecule is Cc1cnc(-n2cnnc2)c(-c2cccc(C(=O)N3CCC4(CCO4)CC3)c2)c1. The van der Waals surface area contributed by atoms with Crippen LogP contribution in [0.1, 0.15) is 35.2 Å². The van der Waals surface area contributed by atoms with Crippen LogP contribution in [-0.4, -0.2) is 55.9 Å². The number of pyridine rings is 1. The highest BCUT2D eigenvalue weighted by Gasteiger charge is 2.42. The van der Waals surface area contributed by atoms with Crippen LogP contribution in [0.2, 0.25) is 0 Å². The zero-order valence-corrected chi connectivity index (χ0v) is 16.4. The van der Waals surface area contributed by atoms with Crippen molar-refractivity contribution in [3.63, 3.8) is 0 Å². The minimum absolute atomic E-state index is 0.0413. The second kappa shape index (κ2) is 7.08. The van der Waals surface area contributed by atoms with E-state index < -0.39 is 0 Å². The Balaban J connectivity index is 1.43. The Labute approximate surface area is 169 Å². The largest absolute Gasteiger partial charge is 0.375 e. The first-order valence-electron chi connectivity index (χ1n) is 9.99. The number of carbonyl (C=O) groups is 1. The summed E-state index contributed by atoms with van der Waals surface area (Å²) in [5.74, 6) is 0.819. The molecule has 1 amide bonds. The second-order valence-electron chi connectivity index (χ2n) is 7.91. The lowest BCUT2D eigenvalue weighted by molar-refractivity contribution is -0.169. The van der Waals surface area contributed by atoms with Crippen LogP contribution in [0.3, 0.4) is 0 Å². The van der Waals surface area contributed by atoms with Crippen LogP contribution in [0.25, 0.3) is 16.9 Å². The van der Waals surface area contributed by atoms with Crippen LogP contribution >= 0.6 is 0 Å². The van der Waals surface area contributed by atoms with Gasteiger partial charge in [0.15, 0.2) is 0 Å². The molecule has 7 nitrogen and oxygen atoms in total. The number of ether oxygens (including phenoxy) is 1. The molecule has 0 aliphatic carbocycles. The van der Waals surface area contributed by atoms with E-state index in [0.717, 1.165) is 61.5 Å². The molecular formula is C22H23N5O2. The van der Waals surface area contributed by atoms with Gasteiger partial charge in [-0.25, -0.2) is 4.98 Å². The van der Waals surface area contributed by atoms with Gasteiger partial charge in [-0.1, -0.05) is 12.1 Å². The highest BCUT2D eigenvalue weighted by atomic mass is 16.5. The molecule has 0 saturated carbocycles. The van der Waals surface area contributed by atoms with Crippen LogP contribution in [0.15, 0.2) is 49.2 Å². The third-order valence-corrected chi connectivity index (χ3v) is 6.02. The molecule has 7 heteroatoms. The first kappa shape index (κ1) is 18.0. The number of nitrogens with zero attached hydrogens (tertiary/aromatic N) is 5. The molecule has 148 valence electrons. The molecule has 0 atom stereocenters. The molecule has 2 aromatic heterocycles. The zero-order chi connectivity index (χ0) is 19.8. The molecule has 2 saturated heterocycles. The van der Waals surface area contributed by atoms with Crippen molar-refractivity contribution in [2.45, 2.75) is 31.8 Å². The fourth-order valence-electron chi connectivity index (χ4n) is 4.19. The van der Waals surface area contributed by atoms with Gasteiger partial charge in [-0.15, -0.1) is 10.2 Å². The molecule has 1 spiro atoms. The monoisotopic (exact) mass is 389 g/mol. The maximum Gasteiger partial charge on any atom is 0.253 e. The lowest BCUT2D eigenvalue weighted by Gasteiger charge is -2.47. The average molecular weight is 389 g/mol. The lowest BCUT2D eigenvalue weighted by Crippen LogP contribution is -2.53. The van der Waals surface area contributed by atoms with Crippen molar-refractivity contribution in [3.05, 3.63) is 60.3 Å². The molecule has 0 radical (unpaired) electrons. The quantitative estimate of drug-likeness (QED) is 0.688. The summed E-state index contributed by atoms with van der Waals surface area (Å²) >= 11 is 0. The van der Waals surface area contributed by atoms with Crippen molar-refractivity contribution >= 4 is 5.91 Å². The molecule has 4 heterocycles. The van der Waals surface area contributed by atoms with Gasteiger partial charge in [0.25, 0.3) is 5.91 Å². The number of piperidine rings is 1. The fourth-order valence-corrected chi connectivity index (χ4v) is 4.19. The average Bonchev–Trinajstić information content (AvgIpc) is 3.27. The van der Waals surface area contributed by atoms with Crippen LogP contribution < -0.4 is 0 Å². The molecule has 2 aliphatic heterocycles. The summed E-state index contributed by atoms with van der Waals surface area (Å²) in [5.41, 5.74) is 3.69. The summed E-state index contributed by atoms with van der Waals surface area (Å²) in [7, 11) is 0. The maximum atomic E-state index is 13.1. The Hall–Kier alpha value is -3.06. The minimum atomic E-state index is 0.0413. The Morgan fingerprint density at radius 2 is 1.86 bits per heavy atom. The second-order valence-corrected chi connectivity index (χ2v) is 7.91. The Bertz CT molecular complexity index is 1030. The number of carbonyl (C=O) groups excluding carboxylic acids is 1. The third-order valence-electron chi connectivity index (χ3n) is 6.02. The summed E-state index contributed by atoms with van der Waals surface area (Å²) in [6, 6.07) is 9.86. The number of benzene rings is 1. The minimum Gasteiger partial charge on any atom is -0.375 e. The molecule has 1 aromatic carbocycles. The molecular weight excluding hydrogens is 366 g/mol. The van der Waals surface area contributed by atoms with Gasteiger partial charge in [-0.3, -0.25) is 9.36 Å². The van der Waals surface area contributed by atoms with E-state index >= 15 is 0 Å². The first-order valence-corrected chi connectivity index (χ1v) is 9.99. The van der Waals surface area contributed by atoms with E-state index in [0.29, 0.717) is 5.56 Å². The van der Waals surface area contributed by atoms with Gasteiger partial charge in [-0.05, 0) is 55.5 Å². The summed E-state index contributed by atoms with van der Waals surface area (Å²) < 4.78 is 7.56. The number of aryl methyl sites for hydroxylation is 1. The standard InChI is InChI=1S/C22H23N5O2/c1-16-11-19(20(23-13-16)27-14-24-25-15-27)17-3-2-4-18(12-17)21(28)26-8-5-22(6-9-26)7-10-29-22/h2-4,11-15H,5-10H2,1H3. The van der Waals surface area contributed by atoms with E-state index in [1.165, 1.54) is 0 Å². The predicted octanol–water partition coefficient (Wildman–Crippen LogP) is 3.03. The molecule has 0 bridgehead atoms. The number of likely N-dealkylation sites (tertiary alicyclic amines) is 1. The van der Waals surface area contributed by atoms with E-state index in [9.17, 15) is 4.79 Å². The van der Waals surface area contributed by atoms with E-state index in [-0.39, 0.29) is 11.5 Å². The molecule has 3 aromatic rings. The Morgan fingerprint density at radius 1 is 1.10 bits per heavy atom. The van der Waals surface area contributed by atoms with Crippen molar-refractivity contribution in [1.82, 2.24) is 24.6 Å². The summed E-state index contributed by atoms with van der Waals surface area (Å²) in [6.45, 7) is 4.37. The summed E-state index contributed by atoms with van der Waals surface area (Å²) in [6.07, 6.45) is 8.05. The number of amides is 1. The topological polar surface area (TPSA) is 73.1 Å².